The summed E-state index contributed by atoms with van der Waals surface area (Å²) in [6, 6.07) is 16.8. The fourth-order valence-corrected chi connectivity index (χ4v) is 5.81. The maximum absolute atomic E-state index is 13.7. The van der Waals surface area contributed by atoms with Crippen molar-refractivity contribution in [2.24, 2.45) is 0 Å². The first kappa shape index (κ1) is 26.9. The zero-order chi connectivity index (χ0) is 29.5. The van der Waals surface area contributed by atoms with Crippen LogP contribution in [0.25, 0.3) is 11.2 Å². The van der Waals surface area contributed by atoms with Gasteiger partial charge >= 0.3 is 12.0 Å². The van der Waals surface area contributed by atoms with E-state index in [4.69, 9.17) is 14.2 Å². The molecule has 2 aromatic carbocycles. The number of likely N-dealkylation sites (tertiary alicyclic amines) is 1. The zero-order valence-corrected chi connectivity index (χ0v) is 22.6. The molecule has 4 aromatic rings. The smallest absolute Gasteiger partial charge is 0.326 e. The summed E-state index contributed by atoms with van der Waals surface area (Å²) in [5.41, 5.74) is 1.99. The Morgan fingerprint density at radius 1 is 0.884 bits per heavy atom. The summed E-state index contributed by atoms with van der Waals surface area (Å²) < 4.78 is 20.5. The molecule has 5 heterocycles. The van der Waals surface area contributed by atoms with E-state index in [1.807, 2.05) is 36.4 Å². The molecule has 3 aliphatic rings. The van der Waals surface area contributed by atoms with Crippen molar-refractivity contribution in [3.63, 3.8) is 0 Å². The summed E-state index contributed by atoms with van der Waals surface area (Å²) in [5, 5.41) is 15.1. The number of carbonyl (C=O) groups is 3. The lowest BCUT2D eigenvalue weighted by molar-refractivity contribution is -0.171. The Balaban J connectivity index is 1.19. The molecule has 3 N–H and O–H groups in total. The highest BCUT2D eigenvalue weighted by molar-refractivity contribution is 6.02. The van der Waals surface area contributed by atoms with Crippen LogP contribution in [0.15, 0.2) is 73.3 Å². The first-order chi connectivity index (χ1) is 21.0. The number of amides is 3. The van der Waals surface area contributed by atoms with Gasteiger partial charge in [0.1, 0.15) is 24.6 Å². The lowest BCUT2D eigenvalue weighted by atomic mass is 10.1. The fourth-order valence-electron chi connectivity index (χ4n) is 5.81. The summed E-state index contributed by atoms with van der Waals surface area (Å²) in [5.74, 6) is -1.36. The van der Waals surface area contributed by atoms with Gasteiger partial charge in [0.25, 0.3) is 5.91 Å². The first-order valence-electron chi connectivity index (χ1n) is 13.8. The number of urea groups is 1. The van der Waals surface area contributed by atoms with E-state index >= 15 is 0 Å². The molecule has 3 amide bonds. The molecule has 6 unspecified atom stereocenters. The van der Waals surface area contributed by atoms with Gasteiger partial charge in [-0.2, -0.15) is 0 Å². The molecule has 43 heavy (non-hydrogen) atoms. The number of nitrogens with zero attached hydrogens (tertiary/aromatic N) is 5. The number of nitrogens with one attached hydrogen (secondary N) is 2. The number of hydrogen-bond acceptors (Lipinski definition) is 9. The van der Waals surface area contributed by atoms with Gasteiger partial charge < -0.3 is 29.5 Å². The van der Waals surface area contributed by atoms with Gasteiger partial charge in [-0.1, -0.05) is 48.5 Å². The van der Waals surface area contributed by atoms with Gasteiger partial charge in [-0.25, -0.2) is 24.5 Å². The van der Waals surface area contributed by atoms with Crippen molar-refractivity contribution < 1.29 is 33.7 Å². The molecule has 220 valence electrons. The van der Waals surface area contributed by atoms with Gasteiger partial charge in [-0.15, -0.1) is 0 Å². The highest BCUT2D eigenvalue weighted by Crippen LogP contribution is 2.45. The van der Waals surface area contributed by atoms with Crippen molar-refractivity contribution in [3.05, 3.63) is 78.9 Å². The van der Waals surface area contributed by atoms with Crippen molar-refractivity contribution in [2.45, 2.75) is 49.7 Å². The molecule has 0 saturated carbocycles. The molecular weight excluding hydrogens is 558 g/mol. The minimum absolute atomic E-state index is 0.173. The largest absolute Gasteiger partial charge is 0.480 e. The predicted octanol–water partition coefficient (Wildman–Crippen LogP) is 2.93. The maximum Gasteiger partial charge on any atom is 0.326 e. The van der Waals surface area contributed by atoms with E-state index in [0.717, 1.165) is 5.56 Å². The molecule has 0 aliphatic carbocycles. The number of rotatable bonds is 6. The van der Waals surface area contributed by atoms with Gasteiger partial charge in [0, 0.05) is 17.8 Å². The zero-order valence-electron chi connectivity index (χ0n) is 22.6. The third kappa shape index (κ3) is 4.94. The Morgan fingerprint density at radius 3 is 2.40 bits per heavy atom. The topological polar surface area (TPSA) is 170 Å². The van der Waals surface area contributed by atoms with E-state index in [1.54, 1.807) is 28.8 Å². The number of anilines is 2. The summed E-state index contributed by atoms with van der Waals surface area (Å²) in [4.78, 5) is 52.6. The molecule has 14 heteroatoms. The molecule has 6 atom stereocenters. The first-order valence-corrected chi connectivity index (χ1v) is 13.8. The van der Waals surface area contributed by atoms with Crippen LogP contribution in [0.4, 0.5) is 16.3 Å². The molecule has 7 rings (SSSR count). The van der Waals surface area contributed by atoms with Crippen LogP contribution in [-0.2, 0) is 23.8 Å². The molecule has 14 nitrogen and oxygen atoms in total. The molecule has 3 aliphatic heterocycles. The number of fused-ring (bicyclic) bond motifs is 2. The molecule has 2 aromatic heterocycles. The van der Waals surface area contributed by atoms with Crippen molar-refractivity contribution in [1.29, 1.82) is 0 Å². The van der Waals surface area contributed by atoms with Gasteiger partial charge in [0.15, 0.2) is 35.6 Å². The minimum Gasteiger partial charge on any atom is -0.480 e. The number of benzene rings is 2. The van der Waals surface area contributed by atoms with Crippen molar-refractivity contribution >= 4 is 40.6 Å². The van der Waals surface area contributed by atoms with Gasteiger partial charge in [0.05, 0.1) is 6.33 Å². The van der Waals surface area contributed by atoms with Crippen LogP contribution in [0.5, 0.6) is 0 Å². The van der Waals surface area contributed by atoms with E-state index < -0.39 is 54.8 Å². The van der Waals surface area contributed by atoms with Crippen LogP contribution in [0.3, 0.4) is 0 Å². The quantitative estimate of drug-likeness (QED) is 0.306. The van der Waals surface area contributed by atoms with E-state index in [2.05, 4.69) is 25.6 Å². The molecule has 0 spiro atoms. The second kappa shape index (κ2) is 11.1. The van der Waals surface area contributed by atoms with Crippen LogP contribution in [0.2, 0.25) is 0 Å². The average molecular weight is 586 g/mol. The summed E-state index contributed by atoms with van der Waals surface area (Å²) >= 11 is 0. The van der Waals surface area contributed by atoms with E-state index in [9.17, 15) is 19.5 Å². The third-order valence-electron chi connectivity index (χ3n) is 7.78. The third-order valence-corrected chi connectivity index (χ3v) is 7.78. The van der Waals surface area contributed by atoms with Gasteiger partial charge in [0.2, 0.25) is 0 Å². The van der Waals surface area contributed by atoms with Crippen molar-refractivity contribution in [2.75, 3.05) is 17.2 Å². The number of carboxylic acid groups (broad SMARTS) is 1. The Kier molecular flexibility index (Phi) is 6.93. The van der Waals surface area contributed by atoms with Crippen LogP contribution in [0, 0.1) is 0 Å². The predicted molar refractivity (Wildman–Crippen MR) is 150 cm³/mol. The standard InChI is InChI=1S/C29H27N7O7/c37-25(35-13-7-12-18(35)27(38)39)21-20-22(43-28(42-20)16-8-3-1-4-9-16)26(41-21)36-15-32-19-23(30-14-31-24(19)36)34-29(40)33-17-10-5-2-6-11-17/h1-6,8-11,14-15,18,20-22,26,28H,7,12-13H2,(H,38,39)(H2,30,31,33,34,40). The number of aromatic nitrogens is 4. The number of ether oxygens (including phenoxy) is 3. The molecule has 0 bridgehead atoms. The average Bonchev–Trinajstić information content (AvgIpc) is 3.81. The van der Waals surface area contributed by atoms with Crippen molar-refractivity contribution in [3.8, 4) is 0 Å². The van der Waals surface area contributed by atoms with Crippen LogP contribution in [-0.4, -0.2) is 78.3 Å². The number of para-hydroxylation sites is 1. The van der Waals surface area contributed by atoms with Crippen LogP contribution in [0.1, 0.15) is 30.9 Å². The number of carboxylic acids is 1. The Bertz CT molecular complexity index is 1670. The van der Waals surface area contributed by atoms with E-state index in [0.29, 0.717) is 36.2 Å². The van der Waals surface area contributed by atoms with Crippen LogP contribution >= 0.6 is 0 Å². The molecule has 0 radical (unpaired) electrons. The van der Waals surface area contributed by atoms with E-state index in [-0.39, 0.29) is 5.82 Å². The fraction of sp³-hybridized carbons (Fsp3) is 0.310. The lowest BCUT2D eigenvalue weighted by Gasteiger charge is -2.27. The Hall–Kier alpha value is -4.92. The van der Waals surface area contributed by atoms with Gasteiger partial charge in [-0.05, 0) is 25.0 Å². The number of carbonyl (C=O) groups excluding carboxylic acids is 2. The minimum atomic E-state index is -1.13. The Morgan fingerprint density at radius 2 is 1.63 bits per heavy atom. The molecule has 3 saturated heterocycles. The number of imidazole rings is 1. The second-order valence-electron chi connectivity index (χ2n) is 10.4. The normalized spacial score (nSPS) is 26.4. The van der Waals surface area contributed by atoms with Crippen LogP contribution < -0.4 is 10.6 Å². The summed E-state index contributed by atoms with van der Waals surface area (Å²) in [6.07, 6.45) is -0.671. The lowest BCUT2D eigenvalue weighted by Crippen LogP contribution is -2.49. The SMILES string of the molecule is O=C(Nc1ccccc1)Nc1ncnc2c1ncn2C1OC(C(=O)N2CCCC2C(=O)O)C2OC(c3ccccc3)OC21. The molecule has 3 fully saturated rings. The molecular formula is C29H27N7O7. The monoisotopic (exact) mass is 585 g/mol. The summed E-state index contributed by atoms with van der Waals surface area (Å²) in [6.45, 7) is 0.308. The number of hydrogen-bond donors (Lipinski definition) is 3. The number of aliphatic carboxylic acids is 1. The highest BCUT2D eigenvalue weighted by Gasteiger charge is 2.58. The Labute approximate surface area is 244 Å². The summed E-state index contributed by atoms with van der Waals surface area (Å²) in [7, 11) is 0. The maximum atomic E-state index is 13.7. The van der Waals surface area contributed by atoms with Crippen molar-refractivity contribution in [1.82, 2.24) is 24.4 Å². The van der Waals surface area contributed by atoms with Gasteiger partial charge in [-0.3, -0.25) is 14.7 Å². The second-order valence-corrected chi connectivity index (χ2v) is 10.4. The van der Waals surface area contributed by atoms with E-state index in [1.165, 1.54) is 17.6 Å². The highest BCUT2D eigenvalue weighted by atomic mass is 16.8.